The highest BCUT2D eigenvalue weighted by molar-refractivity contribution is 5.83. The Balaban J connectivity index is 3.35. The fraction of sp³-hybridized carbons (Fsp3) is 0.692. The van der Waals surface area contributed by atoms with Gasteiger partial charge in [0.15, 0.2) is 0 Å². The van der Waals surface area contributed by atoms with Crippen molar-refractivity contribution < 1.29 is 67.7 Å². The Morgan fingerprint density at radius 2 is 1.50 bits per heavy atom. The third-order valence-electron chi connectivity index (χ3n) is 3.54. The summed E-state index contributed by atoms with van der Waals surface area (Å²) < 4.78 is 139. The number of carbonyl (C=O) groups is 2. The first-order chi connectivity index (χ1) is 12.3. The first-order valence-corrected chi connectivity index (χ1v) is 6.96. The highest BCUT2D eigenvalue weighted by Gasteiger charge is 2.79. The fourth-order valence-electron chi connectivity index (χ4n) is 2.13. The Labute approximate surface area is 149 Å². The molecule has 1 saturated heterocycles. The molecular formula is C13H10F10O5. The average molecular weight is 436 g/mol. The Hall–Kier alpha value is -2.06. The molecule has 0 aliphatic carbocycles. The molecule has 15 heteroatoms. The van der Waals surface area contributed by atoms with Crippen molar-refractivity contribution in [3.05, 3.63) is 12.7 Å². The second-order valence-corrected chi connectivity index (χ2v) is 5.61. The highest BCUT2D eigenvalue weighted by Crippen LogP contribution is 2.51. The molecule has 0 radical (unpaired) electrons. The van der Waals surface area contributed by atoms with Crippen LogP contribution < -0.4 is 0 Å². The summed E-state index contributed by atoms with van der Waals surface area (Å²) in [6, 6.07) is 0. The Morgan fingerprint density at radius 1 is 1.04 bits per heavy atom. The first-order valence-electron chi connectivity index (χ1n) is 6.96. The van der Waals surface area contributed by atoms with E-state index in [9.17, 15) is 53.5 Å². The van der Waals surface area contributed by atoms with E-state index in [1.807, 2.05) is 0 Å². The third kappa shape index (κ3) is 4.03. The molecule has 1 aliphatic rings. The van der Waals surface area contributed by atoms with Gasteiger partial charge in [0.25, 0.3) is 5.60 Å². The summed E-state index contributed by atoms with van der Waals surface area (Å²) in [6.07, 6.45) is -23.2. The van der Waals surface area contributed by atoms with Crippen molar-refractivity contribution in [1.82, 2.24) is 0 Å². The van der Waals surface area contributed by atoms with Gasteiger partial charge in [0, 0.05) is 18.4 Å². The van der Waals surface area contributed by atoms with Crippen LogP contribution in [0.5, 0.6) is 0 Å². The lowest BCUT2D eigenvalue weighted by molar-refractivity contribution is -0.422. The molecule has 3 atom stereocenters. The summed E-state index contributed by atoms with van der Waals surface area (Å²) in [7, 11) is 0. The summed E-state index contributed by atoms with van der Waals surface area (Å²) in [6.45, 7) is 3.78. The van der Waals surface area contributed by atoms with Crippen LogP contribution in [0.2, 0.25) is 0 Å². The second-order valence-electron chi connectivity index (χ2n) is 5.61. The van der Waals surface area contributed by atoms with Gasteiger partial charge >= 0.3 is 36.3 Å². The van der Waals surface area contributed by atoms with E-state index in [0.29, 0.717) is 6.08 Å². The molecule has 0 aromatic rings. The minimum atomic E-state index is -6.95. The van der Waals surface area contributed by atoms with Crippen LogP contribution in [0.15, 0.2) is 12.7 Å². The predicted octanol–water partition coefficient (Wildman–Crippen LogP) is 3.73. The Kier molecular flexibility index (Phi) is 6.06. The smallest absolute Gasteiger partial charge is 0.432 e. The summed E-state index contributed by atoms with van der Waals surface area (Å²) in [5.74, 6) is -13.0. The van der Waals surface area contributed by atoms with Gasteiger partial charge in [0.1, 0.15) is 0 Å². The summed E-state index contributed by atoms with van der Waals surface area (Å²) >= 11 is 0. The largest absolute Gasteiger partial charge is 0.470 e. The van der Waals surface area contributed by atoms with Crippen LogP contribution in [0.25, 0.3) is 0 Å². The van der Waals surface area contributed by atoms with Crippen molar-refractivity contribution >= 4 is 11.9 Å². The van der Waals surface area contributed by atoms with Gasteiger partial charge in [-0.2, -0.15) is 43.9 Å². The lowest BCUT2D eigenvalue weighted by Crippen LogP contribution is -2.61. The van der Waals surface area contributed by atoms with Crippen LogP contribution in [0, 0.1) is 5.92 Å². The topological polar surface area (TPSA) is 61.8 Å². The van der Waals surface area contributed by atoms with Gasteiger partial charge in [-0.3, -0.25) is 0 Å². The maximum Gasteiger partial charge on any atom is 0.470 e. The van der Waals surface area contributed by atoms with E-state index in [2.05, 4.69) is 20.8 Å². The number of hydrogen-bond acceptors (Lipinski definition) is 5. The molecule has 0 aromatic carbocycles. The molecule has 0 saturated carbocycles. The predicted molar refractivity (Wildman–Crippen MR) is 65.8 cm³/mol. The minimum absolute atomic E-state index is 0.460. The maximum atomic E-state index is 13.5. The molecule has 0 N–H and O–H groups in total. The fourth-order valence-corrected chi connectivity index (χ4v) is 2.13. The van der Waals surface area contributed by atoms with E-state index >= 15 is 0 Å². The molecule has 0 aromatic heterocycles. The van der Waals surface area contributed by atoms with Crippen molar-refractivity contribution in [2.75, 3.05) is 0 Å². The zero-order chi connectivity index (χ0) is 22.3. The average Bonchev–Trinajstić information content (AvgIpc) is 2.82. The molecule has 1 rings (SSSR count). The lowest BCUT2D eigenvalue weighted by atomic mass is 9.94. The van der Waals surface area contributed by atoms with Crippen LogP contribution >= 0.6 is 0 Å². The van der Waals surface area contributed by atoms with Gasteiger partial charge in [0.05, 0.1) is 0 Å². The van der Waals surface area contributed by atoms with Crippen LogP contribution in [0.1, 0.15) is 13.3 Å². The quantitative estimate of drug-likeness (QED) is 0.382. The maximum absolute atomic E-state index is 13.5. The van der Waals surface area contributed by atoms with Crippen LogP contribution in [-0.4, -0.2) is 48.2 Å². The highest BCUT2D eigenvalue weighted by atomic mass is 19.4. The van der Waals surface area contributed by atoms with E-state index in [1.165, 1.54) is 0 Å². The van der Waals surface area contributed by atoms with Gasteiger partial charge in [-0.1, -0.05) is 13.5 Å². The zero-order valence-corrected chi connectivity index (χ0v) is 13.5. The van der Waals surface area contributed by atoms with Crippen LogP contribution in [0.3, 0.4) is 0 Å². The number of halogens is 10. The van der Waals surface area contributed by atoms with E-state index in [0.717, 1.165) is 6.92 Å². The third-order valence-corrected chi connectivity index (χ3v) is 3.54. The number of esters is 2. The van der Waals surface area contributed by atoms with Gasteiger partial charge in [-0.05, 0) is 0 Å². The molecule has 162 valence electrons. The minimum Gasteiger partial charge on any atom is -0.432 e. The Morgan fingerprint density at radius 3 is 1.86 bits per heavy atom. The van der Waals surface area contributed by atoms with Gasteiger partial charge in [0.2, 0.25) is 6.29 Å². The second kappa shape index (κ2) is 7.08. The van der Waals surface area contributed by atoms with Gasteiger partial charge in [-0.25, -0.2) is 9.59 Å². The first kappa shape index (κ1) is 24.0. The number of carbonyl (C=O) groups excluding carboxylic acids is 2. The van der Waals surface area contributed by atoms with Crippen molar-refractivity contribution in [2.24, 2.45) is 5.92 Å². The summed E-state index contributed by atoms with van der Waals surface area (Å²) in [5, 5.41) is 0. The monoisotopic (exact) mass is 436 g/mol. The van der Waals surface area contributed by atoms with E-state index in [-0.39, 0.29) is 0 Å². The molecule has 1 aliphatic heterocycles. The normalized spacial score (nSPS) is 26.7. The number of hydrogen-bond donors (Lipinski definition) is 0. The van der Waals surface area contributed by atoms with E-state index < -0.39 is 60.6 Å². The van der Waals surface area contributed by atoms with E-state index in [4.69, 9.17) is 0 Å². The summed E-state index contributed by atoms with van der Waals surface area (Å²) in [4.78, 5) is 22.8. The number of rotatable bonds is 4. The van der Waals surface area contributed by atoms with Crippen LogP contribution in [0.4, 0.5) is 43.9 Å². The molecule has 0 spiro atoms. The molecule has 3 unspecified atom stereocenters. The van der Waals surface area contributed by atoms with E-state index in [1.54, 1.807) is 0 Å². The van der Waals surface area contributed by atoms with Crippen molar-refractivity contribution in [3.8, 4) is 0 Å². The SMILES string of the molecule is C=CC(=O)OC1OC(C(=O)OC(F)(C(F)(F)F)C(F)(F)F)(C(F)(F)F)CC1C. The molecule has 0 amide bonds. The Bertz CT molecular complexity index is 623. The van der Waals surface area contributed by atoms with Crippen molar-refractivity contribution in [2.45, 2.75) is 49.6 Å². The van der Waals surface area contributed by atoms with Crippen molar-refractivity contribution in [3.63, 3.8) is 0 Å². The molecule has 5 nitrogen and oxygen atoms in total. The summed E-state index contributed by atoms with van der Waals surface area (Å²) in [5.41, 5.74) is -4.45. The standard InChI is InChI=1S/C13H10F10O5/c1-3-6(24)26-7-5(2)4-9(27-7,11(15,16)17)8(25)28-10(14,12(18,19)20)13(21,22)23/h3,5,7H,1,4H2,2H3. The molecule has 1 fully saturated rings. The lowest BCUT2D eigenvalue weighted by Gasteiger charge is -2.34. The molecule has 1 heterocycles. The molecule has 28 heavy (non-hydrogen) atoms. The number of ether oxygens (including phenoxy) is 3. The van der Waals surface area contributed by atoms with Crippen LogP contribution in [-0.2, 0) is 23.8 Å². The molecular weight excluding hydrogens is 426 g/mol. The van der Waals surface area contributed by atoms with Gasteiger partial charge < -0.3 is 14.2 Å². The zero-order valence-electron chi connectivity index (χ0n) is 13.5. The van der Waals surface area contributed by atoms with Crippen molar-refractivity contribution in [1.29, 1.82) is 0 Å². The van der Waals surface area contributed by atoms with Gasteiger partial charge in [-0.15, -0.1) is 0 Å². The number of alkyl halides is 10. The molecule has 0 bridgehead atoms.